The van der Waals surface area contributed by atoms with Crippen LogP contribution in [0.1, 0.15) is 26.7 Å². The van der Waals surface area contributed by atoms with Gasteiger partial charge in [-0.25, -0.2) is 0 Å². The highest BCUT2D eigenvalue weighted by atomic mass is 16.7. The van der Waals surface area contributed by atoms with Gasteiger partial charge in [-0.2, -0.15) is 0 Å². The molecule has 1 heterocycles. The number of carbonyl (C=O) groups excluding carboxylic acids is 1. The number of ether oxygens (including phenoxy) is 2. The number of amides is 1. The molecule has 0 spiro atoms. The first-order valence-corrected chi connectivity index (χ1v) is 6.02. The van der Waals surface area contributed by atoms with Gasteiger partial charge in [-0.15, -0.1) is 0 Å². The van der Waals surface area contributed by atoms with Gasteiger partial charge in [0.1, 0.15) is 0 Å². The molecule has 2 N–H and O–H groups in total. The van der Waals surface area contributed by atoms with Crippen molar-refractivity contribution < 1.29 is 14.3 Å². The van der Waals surface area contributed by atoms with E-state index in [2.05, 4.69) is 10.6 Å². The van der Waals surface area contributed by atoms with Gasteiger partial charge < -0.3 is 20.1 Å². The average Bonchev–Trinajstić information content (AvgIpc) is 2.79. The molecule has 5 nitrogen and oxygen atoms in total. The first-order chi connectivity index (χ1) is 7.77. The second kappa shape index (κ2) is 7.60. The van der Waals surface area contributed by atoms with E-state index in [4.69, 9.17) is 9.47 Å². The molecule has 0 saturated carbocycles. The lowest BCUT2D eigenvalue weighted by molar-refractivity contribution is -0.141. The Balaban J connectivity index is 2.21. The molecule has 1 rings (SSSR count). The Kier molecular flexibility index (Phi) is 6.37. The van der Waals surface area contributed by atoms with Crippen molar-refractivity contribution in [3.63, 3.8) is 0 Å². The molecule has 1 amide bonds. The standard InChI is InChI=1S/C11H22N2O3/c1-3-15-10(16-4-2)8-13-11(14)9-6-5-7-12-9/h9-10,12H,3-8H2,1-2H3,(H,13,14)/t9-/m1/s1. The van der Waals surface area contributed by atoms with E-state index in [1.54, 1.807) is 0 Å². The normalized spacial score (nSPS) is 20.3. The predicted octanol–water partition coefficient (Wildman–Crippen LogP) is 0.254. The molecule has 1 fully saturated rings. The maximum absolute atomic E-state index is 11.7. The smallest absolute Gasteiger partial charge is 0.237 e. The molecule has 94 valence electrons. The van der Waals surface area contributed by atoms with Gasteiger partial charge in [0.15, 0.2) is 6.29 Å². The van der Waals surface area contributed by atoms with E-state index >= 15 is 0 Å². The van der Waals surface area contributed by atoms with E-state index < -0.39 is 0 Å². The second-order valence-corrected chi connectivity index (χ2v) is 3.73. The molecule has 1 aliphatic rings. The first kappa shape index (κ1) is 13.4. The van der Waals surface area contributed by atoms with Crippen LogP contribution >= 0.6 is 0 Å². The molecule has 1 aliphatic heterocycles. The Labute approximate surface area is 96.9 Å². The lowest BCUT2D eigenvalue weighted by Gasteiger charge is -2.18. The zero-order chi connectivity index (χ0) is 11.8. The molecule has 0 radical (unpaired) electrons. The fraction of sp³-hybridized carbons (Fsp3) is 0.909. The van der Waals surface area contributed by atoms with E-state index in [-0.39, 0.29) is 18.2 Å². The SMILES string of the molecule is CCOC(CNC(=O)[C@H]1CCCN1)OCC. The van der Waals surface area contributed by atoms with Crippen LogP contribution in [0.4, 0.5) is 0 Å². The first-order valence-electron chi connectivity index (χ1n) is 6.02. The van der Waals surface area contributed by atoms with E-state index in [0.29, 0.717) is 19.8 Å². The number of nitrogens with one attached hydrogen (secondary N) is 2. The fourth-order valence-electron chi connectivity index (χ4n) is 1.75. The van der Waals surface area contributed by atoms with E-state index in [0.717, 1.165) is 19.4 Å². The van der Waals surface area contributed by atoms with Gasteiger partial charge in [0, 0.05) is 13.2 Å². The molecule has 5 heteroatoms. The maximum atomic E-state index is 11.7. The van der Waals surface area contributed by atoms with Crippen molar-refractivity contribution in [2.24, 2.45) is 0 Å². The molecule has 0 aromatic rings. The summed E-state index contributed by atoms with van der Waals surface area (Å²) < 4.78 is 10.7. The highest BCUT2D eigenvalue weighted by Crippen LogP contribution is 2.04. The van der Waals surface area contributed by atoms with E-state index in [1.165, 1.54) is 0 Å². The van der Waals surface area contributed by atoms with Gasteiger partial charge >= 0.3 is 0 Å². The molecule has 16 heavy (non-hydrogen) atoms. The van der Waals surface area contributed by atoms with Gasteiger partial charge in [0.2, 0.25) is 5.91 Å². The summed E-state index contributed by atoms with van der Waals surface area (Å²) in [5.41, 5.74) is 0. The molecular formula is C11H22N2O3. The number of rotatable bonds is 7. The molecule has 0 aromatic heterocycles. The van der Waals surface area contributed by atoms with Crippen molar-refractivity contribution in [2.45, 2.75) is 39.0 Å². The highest BCUT2D eigenvalue weighted by molar-refractivity contribution is 5.81. The Morgan fingerprint density at radius 1 is 1.44 bits per heavy atom. The summed E-state index contributed by atoms with van der Waals surface area (Å²) in [6.07, 6.45) is 1.65. The minimum absolute atomic E-state index is 0.0381. The second-order valence-electron chi connectivity index (χ2n) is 3.73. The third-order valence-electron chi connectivity index (χ3n) is 2.52. The van der Waals surface area contributed by atoms with Crippen molar-refractivity contribution in [2.75, 3.05) is 26.3 Å². The van der Waals surface area contributed by atoms with Crippen LogP contribution in [-0.2, 0) is 14.3 Å². The van der Waals surface area contributed by atoms with Gasteiger partial charge in [-0.3, -0.25) is 4.79 Å². The van der Waals surface area contributed by atoms with Crippen LogP contribution in [0.5, 0.6) is 0 Å². The van der Waals surface area contributed by atoms with Crippen LogP contribution in [-0.4, -0.2) is 44.5 Å². The van der Waals surface area contributed by atoms with Crippen LogP contribution in [0.2, 0.25) is 0 Å². The number of hydrogen-bond acceptors (Lipinski definition) is 4. The largest absolute Gasteiger partial charge is 0.351 e. The Bertz CT molecular complexity index is 199. The van der Waals surface area contributed by atoms with Crippen LogP contribution in [0.3, 0.4) is 0 Å². The summed E-state index contributed by atoms with van der Waals surface area (Å²) in [7, 11) is 0. The molecule has 0 aliphatic carbocycles. The lowest BCUT2D eigenvalue weighted by atomic mass is 10.2. The molecule has 1 saturated heterocycles. The average molecular weight is 230 g/mol. The zero-order valence-corrected chi connectivity index (χ0v) is 10.1. The Hall–Kier alpha value is -0.650. The third kappa shape index (κ3) is 4.47. The zero-order valence-electron chi connectivity index (χ0n) is 10.1. The topological polar surface area (TPSA) is 59.6 Å². The van der Waals surface area contributed by atoms with Crippen molar-refractivity contribution in [3.05, 3.63) is 0 Å². The summed E-state index contributed by atoms with van der Waals surface area (Å²) in [4.78, 5) is 11.7. The Morgan fingerprint density at radius 3 is 2.62 bits per heavy atom. The molecule has 1 atom stereocenters. The monoisotopic (exact) mass is 230 g/mol. The highest BCUT2D eigenvalue weighted by Gasteiger charge is 2.22. The van der Waals surface area contributed by atoms with Crippen molar-refractivity contribution >= 4 is 5.91 Å². The fourth-order valence-corrected chi connectivity index (χ4v) is 1.75. The minimum Gasteiger partial charge on any atom is -0.351 e. The van der Waals surface area contributed by atoms with Crippen LogP contribution < -0.4 is 10.6 Å². The quantitative estimate of drug-likeness (QED) is 0.616. The third-order valence-corrected chi connectivity index (χ3v) is 2.52. The van der Waals surface area contributed by atoms with E-state index in [9.17, 15) is 4.79 Å². The predicted molar refractivity (Wildman–Crippen MR) is 61.1 cm³/mol. The molecule has 0 bridgehead atoms. The Morgan fingerprint density at radius 2 is 2.12 bits per heavy atom. The number of hydrogen-bond donors (Lipinski definition) is 2. The summed E-state index contributed by atoms with van der Waals surface area (Å²) in [6.45, 7) is 6.33. The van der Waals surface area contributed by atoms with E-state index in [1.807, 2.05) is 13.8 Å². The van der Waals surface area contributed by atoms with Crippen molar-refractivity contribution in [3.8, 4) is 0 Å². The van der Waals surface area contributed by atoms with Gasteiger partial charge in [0.25, 0.3) is 0 Å². The summed E-state index contributed by atoms with van der Waals surface area (Å²) in [6, 6.07) is -0.0381. The van der Waals surface area contributed by atoms with Gasteiger partial charge in [0.05, 0.1) is 12.6 Å². The summed E-state index contributed by atoms with van der Waals surface area (Å²) >= 11 is 0. The lowest BCUT2D eigenvalue weighted by Crippen LogP contribution is -2.44. The van der Waals surface area contributed by atoms with Crippen LogP contribution in [0.15, 0.2) is 0 Å². The maximum Gasteiger partial charge on any atom is 0.237 e. The molecule has 0 unspecified atom stereocenters. The van der Waals surface area contributed by atoms with Crippen LogP contribution in [0, 0.1) is 0 Å². The van der Waals surface area contributed by atoms with Crippen molar-refractivity contribution in [1.29, 1.82) is 0 Å². The van der Waals surface area contributed by atoms with Gasteiger partial charge in [-0.1, -0.05) is 0 Å². The van der Waals surface area contributed by atoms with Gasteiger partial charge in [-0.05, 0) is 33.2 Å². The molecular weight excluding hydrogens is 208 g/mol. The molecule has 0 aromatic carbocycles. The minimum atomic E-state index is -0.333. The number of carbonyl (C=O) groups is 1. The summed E-state index contributed by atoms with van der Waals surface area (Å²) in [5, 5.41) is 5.99. The van der Waals surface area contributed by atoms with Crippen molar-refractivity contribution in [1.82, 2.24) is 10.6 Å². The summed E-state index contributed by atoms with van der Waals surface area (Å²) in [5.74, 6) is 0.0434. The van der Waals surface area contributed by atoms with Crippen LogP contribution in [0.25, 0.3) is 0 Å².